The van der Waals surface area contributed by atoms with Gasteiger partial charge in [-0.2, -0.15) is 0 Å². The number of aromatic amines is 1. The third kappa shape index (κ3) is 2.60. The van der Waals surface area contributed by atoms with E-state index in [1.807, 2.05) is 0 Å². The van der Waals surface area contributed by atoms with Crippen LogP contribution < -0.4 is 5.32 Å². The fourth-order valence-electron chi connectivity index (χ4n) is 3.39. The van der Waals surface area contributed by atoms with E-state index in [0.29, 0.717) is 6.17 Å². The van der Waals surface area contributed by atoms with Crippen LogP contribution in [-0.2, 0) is 6.54 Å². The van der Waals surface area contributed by atoms with Gasteiger partial charge in [0.25, 0.3) is 0 Å². The van der Waals surface area contributed by atoms with E-state index in [9.17, 15) is 0 Å². The molecule has 4 rings (SSSR count). The summed E-state index contributed by atoms with van der Waals surface area (Å²) in [5, 5.41) is 5.01. The second-order valence-corrected chi connectivity index (χ2v) is 6.00. The van der Waals surface area contributed by atoms with Crippen LogP contribution in [-0.4, -0.2) is 22.6 Å². The lowest BCUT2D eigenvalue weighted by molar-refractivity contribution is 0.268. The first-order valence-corrected chi connectivity index (χ1v) is 8.01. The molecule has 0 bridgehead atoms. The molecule has 0 aliphatic carbocycles. The van der Waals surface area contributed by atoms with Crippen molar-refractivity contribution in [3.63, 3.8) is 0 Å². The lowest BCUT2D eigenvalue weighted by Crippen LogP contribution is -2.35. The standard InChI is InChI=1S/C19H21N3/c1-2-7-16(8-3-1)21-19-11-6-12-22(19)14-15-13-20-18-10-5-4-9-17(15)18/h1-5,7-10,13,19-21H,6,11-12,14H2. The number of hydrogen-bond acceptors (Lipinski definition) is 2. The van der Waals surface area contributed by atoms with Crippen LogP contribution in [0.2, 0.25) is 0 Å². The second-order valence-electron chi connectivity index (χ2n) is 6.00. The van der Waals surface area contributed by atoms with Crippen molar-refractivity contribution in [2.45, 2.75) is 25.6 Å². The molecule has 2 heterocycles. The van der Waals surface area contributed by atoms with Crippen LogP contribution in [0.15, 0.2) is 60.8 Å². The van der Waals surface area contributed by atoms with Crippen molar-refractivity contribution >= 4 is 16.6 Å². The van der Waals surface area contributed by atoms with Crippen LogP contribution in [0.1, 0.15) is 18.4 Å². The van der Waals surface area contributed by atoms with Crippen molar-refractivity contribution in [3.05, 3.63) is 66.4 Å². The summed E-state index contributed by atoms with van der Waals surface area (Å²) in [5.41, 5.74) is 3.82. The number of anilines is 1. The Morgan fingerprint density at radius 1 is 1.05 bits per heavy atom. The van der Waals surface area contributed by atoms with Gasteiger partial charge in [0.05, 0.1) is 6.17 Å². The van der Waals surface area contributed by atoms with Crippen molar-refractivity contribution in [2.75, 3.05) is 11.9 Å². The molecular formula is C19H21N3. The van der Waals surface area contributed by atoms with Gasteiger partial charge in [-0.05, 0) is 36.6 Å². The zero-order chi connectivity index (χ0) is 14.8. The fraction of sp³-hybridized carbons (Fsp3) is 0.263. The van der Waals surface area contributed by atoms with Crippen LogP contribution in [0, 0.1) is 0 Å². The van der Waals surface area contributed by atoms with Crippen molar-refractivity contribution in [1.82, 2.24) is 9.88 Å². The van der Waals surface area contributed by atoms with Gasteiger partial charge in [0.15, 0.2) is 0 Å². The Morgan fingerprint density at radius 2 is 1.86 bits per heavy atom. The van der Waals surface area contributed by atoms with Gasteiger partial charge in [-0.1, -0.05) is 36.4 Å². The number of para-hydroxylation sites is 2. The number of fused-ring (bicyclic) bond motifs is 1. The van der Waals surface area contributed by atoms with Gasteiger partial charge in [0.2, 0.25) is 0 Å². The highest BCUT2D eigenvalue weighted by Gasteiger charge is 2.24. The van der Waals surface area contributed by atoms with E-state index in [1.165, 1.54) is 35.0 Å². The number of aromatic nitrogens is 1. The van der Waals surface area contributed by atoms with E-state index in [4.69, 9.17) is 0 Å². The molecule has 1 atom stereocenters. The molecular weight excluding hydrogens is 270 g/mol. The van der Waals surface area contributed by atoms with E-state index in [1.54, 1.807) is 0 Å². The Kier molecular flexibility index (Phi) is 3.57. The minimum absolute atomic E-state index is 0.427. The summed E-state index contributed by atoms with van der Waals surface area (Å²) in [5.74, 6) is 0. The monoisotopic (exact) mass is 291 g/mol. The zero-order valence-electron chi connectivity index (χ0n) is 12.6. The van der Waals surface area contributed by atoms with E-state index < -0.39 is 0 Å². The second kappa shape index (κ2) is 5.85. The Bertz CT molecular complexity index is 747. The van der Waals surface area contributed by atoms with Crippen molar-refractivity contribution in [3.8, 4) is 0 Å². The maximum Gasteiger partial charge on any atom is 0.0796 e. The quantitative estimate of drug-likeness (QED) is 0.754. The highest BCUT2D eigenvalue weighted by atomic mass is 15.3. The summed E-state index contributed by atoms with van der Waals surface area (Å²) in [6.07, 6.45) is 5.04. The summed E-state index contributed by atoms with van der Waals surface area (Å²) in [6.45, 7) is 2.15. The molecule has 3 aromatic rings. The molecule has 1 saturated heterocycles. The summed E-state index contributed by atoms with van der Waals surface area (Å²) < 4.78 is 0. The van der Waals surface area contributed by atoms with Gasteiger partial charge < -0.3 is 10.3 Å². The predicted octanol–water partition coefficient (Wildman–Crippen LogP) is 4.20. The number of H-pyrrole nitrogens is 1. The first kappa shape index (κ1) is 13.4. The molecule has 1 aliphatic rings. The van der Waals surface area contributed by atoms with Gasteiger partial charge in [0, 0.05) is 35.9 Å². The van der Waals surface area contributed by atoms with E-state index >= 15 is 0 Å². The van der Waals surface area contributed by atoms with Gasteiger partial charge in [0.1, 0.15) is 0 Å². The molecule has 3 nitrogen and oxygen atoms in total. The van der Waals surface area contributed by atoms with Crippen LogP contribution in [0.5, 0.6) is 0 Å². The normalized spacial score (nSPS) is 18.8. The molecule has 0 radical (unpaired) electrons. The number of likely N-dealkylation sites (tertiary alicyclic amines) is 1. The number of nitrogens with zero attached hydrogens (tertiary/aromatic N) is 1. The van der Waals surface area contributed by atoms with Gasteiger partial charge in [-0.25, -0.2) is 0 Å². The molecule has 1 fully saturated rings. The van der Waals surface area contributed by atoms with Gasteiger partial charge in [-0.3, -0.25) is 4.90 Å². The maximum atomic E-state index is 3.67. The van der Waals surface area contributed by atoms with Crippen molar-refractivity contribution in [1.29, 1.82) is 0 Å². The average molecular weight is 291 g/mol. The predicted molar refractivity (Wildman–Crippen MR) is 91.8 cm³/mol. The van der Waals surface area contributed by atoms with Crippen LogP contribution in [0.4, 0.5) is 5.69 Å². The highest BCUT2D eigenvalue weighted by Crippen LogP contribution is 2.25. The SMILES string of the molecule is c1ccc(NC2CCCN2Cc2c[nH]c3ccccc23)cc1. The first-order chi connectivity index (χ1) is 10.9. The van der Waals surface area contributed by atoms with Crippen LogP contribution in [0.25, 0.3) is 10.9 Å². The third-order valence-electron chi connectivity index (χ3n) is 4.52. The summed E-state index contributed by atoms with van der Waals surface area (Å²) in [7, 11) is 0. The average Bonchev–Trinajstić information content (AvgIpc) is 3.17. The van der Waals surface area contributed by atoms with E-state index in [2.05, 4.69) is 76.0 Å². The van der Waals surface area contributed by atoms with E-state index in [0.717, 1.165) is 13.1 Å². The molecule has 2 aromatic carbocycles. The van der Waals surface area contributed by atoms with Crippen LogP contribution in [0.3, 0.4) is 0 Å². The number of nitrogens with one attached hydrogen (secondary N) is 2. The summed E-state index contributed by atoms with van der Waals surface area (Å²) in [6, 6.07) is 19.1. The van der Waals surface area contributed by atoms with Crippen molar-refractivity contribution in [2.24, 2.45) is 0 Å². The number of benzene rings is 2. The minimum atomic E-state index is 0.427. The van der Waals surface area contributed by atoms with Gasteiger partial charge in [-0.15, -0.1) is 0 Å². The molecule has 0 amide bonds. The molecule has 1 aliphatic heterocycles. The number of hydrogen-bond donors (Lipinski definition) is 2. The maximum absolute atomic E-state index is 3.67. The van der Waals surface area contributed by atoms with Gasteiger partial charge >= 0.3 is 0 Å². The fourth-order valence-corrected chi connectivity index (χ4v) is 3.39. The molecule has 0 spiro atoms. The molecule has 3 heteroatoms. The molecule has 1 unspecified atom stereocenters. The van der Waals surface area contributed by atoms with Crippen LogP contribution >= 0.6 is 0 Å². The Labute approximate surface area is 131 Å². The minimum Gasteiger partial charge on any atom is -0.370 e. The smallest absolute Gasteiger partial charge is 0.0796 e. The lowest BCUT2D eigenvalue weighted by Gasteiger charge is -2.26. The lowest BCUT2D eigenvalue weighted by atomic mass is 10.1. The third-order valence-corrected chi connectivity index (χ3v) is 4.52. The van der Waals surface area contributed by atoms with Crippen molar-refractivity contribution < 1.29 is 0 Å². The molecule has 2 N–H and O–H groups in total. The Balaban J connectivity index is 1.52. The Hall–Kier alpha value is -2.26. The first-order valence-electron chi connectivity index (χ1n) is 8.01. The molecule has 112 valence electrons. The molecule has 22 heavy (non-hydrogen) atoms. The topological polar surface area (TPSA) is 31.1 Å². The zero-order valence-corrected chi connectivity index (χ0v) is 12.6. The largest absolute Gasteiger partial charge is 0.370 e. The number of rotatable bonds is 4. The highest BCUT2D eigenvalue weighted by molar-refractivity contribution is 5.82. The Morgan fingerprint density at radius 3 is 2.77 bits per heavy atom. The van der Waals surface area contributed by atoms with E-state index in [-0.39, 0.29) is 0 Å². The summed E-state index contributed by atoms with van der Waals surface area (Å²) in [4.78, 5) is 5.92. The molecule has 1 aromatic heterocycles. The summed E-state index contributed by atoms with van der Waals surface area (Å²) >= 11 is 0. The molecule has 0 saturated carbocycles.